The molecule has 0 bridgehead atoms. The van der Waals surface area contributed by atoms with Crippen molar-refractivity contribution in [3.63, 3.8) is 0 Å². The minimum atomic E-state index is 0.338. The molecule has 0 atom stereocenters. The third-order valence-corrected chi connectivity index (χ3v) is 1.15. The fraction of sp³-hybridized carbons (Fsp3) is 0.500. The Bertz CT molecular complexity index is 35.3. The SMILES string of the molecule is C1=[SiH]OC1. The van der Waals surface area contributed by atoms with Gasteiger partial charge in [-0.2, -0.15) is 0 Å². The van der Waals surface area contributed by atoms with E-state index in [9.17, 15) is 0 Å². The zero-order valence-electron chi connectivity index (χ0n) is 2.27. The Kier molecular flexibility index (Phi) is 0.365. The predicted octanol–water partition coefficient (Wildman–Crippen LogP) is -0.830. The molecule has 0 radical (unpaired) electrons. The lowest BCUT2D eigenvalue weighted by atomic mass is 10.9. The molecule has 0 fully saturated rings. The molecule has 22 valence electrons. The molecule has 2 heteroatoms. The molecule has 1 rings (SSSR count). The summed E-state index contributed by atoms with van der Waals surface area (Å²) in [5, 5.41) is 0. The Hall–Kier alpha value is -0.113. The highest BCUT2D eigenvalue weighted by Crippen LogP contribution is 1.65. The van der Waals surface area contributed by atoms with Crippen LogP contribution in [0.25, 0.3) is 0 Å². The monoisotopic (exact) mass is 72.0 g/mol. The summed E-state index contributed by atoms with van der Waals surface area (Å²) in [6.07, 6.45) is 0. The molecular formula is C2H4OSi. The van der Waals surface area contributed by atoms with Crippen LogP contribution >= 0.6 is 0 Å². The fourth-order valence-corrected chi connectivity index (χ4v) is 0.289. The number of hydrogen-bond acceptors (Lipinski definition) is 1. The lowest BCUT2D eigenvalue weighted by Crippen LogP contribution is -2.09. The molecular weight excluding hydrogens is 68.1 g/mol. The molecule has 0 N–H and O–H groups in total. The molecule has 1 aliphatic heterocycles. The van der Waals surface area contributed by atoms with Crippen LogP contribution in [0.4, 0.5) is 0 Å². The van der Waals surface area contributed by atoms with Crippen molar-refractivity contribution in [2.75, 3.05) is 6.61 Å². The van der Waals surface area contributed by atoms with Crippen molar-refractivity contribution in [1.82, 2.24) is 0 Å². The van der Waals surface area contributed by atoms with Crippen molar-refractivity contribution in [3.05, 3.63) is 0 Å². The van der Waals surface area contributed by atoms with E-state index in [-0.39, 0.29) is 0 Å². The molecule has 0 amide bonds. The van der Waals surface area contributed by atoms with Gasteiger partial charge in [-0.1, -0.05) is 0 Å². The van der Waals surface area contributed by atoms with Crippen molar-refractivity contribution in [3.8, 4) is 0 Å². The van der Waals surface area contributed by atoms with Crippen LogP contribution in [-0.4, -0.2) is 21.7 Å². The number of rotatable bonds is 0. The molecule has 0 aromatic heterocycles. The van der Waals surface area contributed by atoms with E-state index >= 15 is 0 Å². The molecule has 0 saturated carbocycles. The van der Waals surface area contributed by atoms with Crippen molar-refractivity contribution in [2.45, 2.75) is 0 Å². The van der Waals surface area contributed by atoms with Gasteiger partial charge in [0.15, 0.2) is 0 Å². The Morgan fingerprint density at radius 1 is 2.00 bits per heavy atom. The first-order valence-corrected chi connectivity index (χ1v) is 2.40. The fourth-order valence-electron chi connectivity index (χ4n) is 0.0962. The zero-order valence-corrected chi connectivity index (χ0v) is 3.42. The Labute approximate surface area is 27.1 Å². The Morgan fingerprint density at radius 3 is 2.25 bits per heavy atom. The van der Waals surface area contributed by atoms with E-state index in [0.29, 0.717) is 9.38 Å². The lowest BCUT2D eigenvalue weighted by molar-refractivity contribution is 0.398. The lowest BCUT2D eigenvalue weighted by Gasteiger charge is -1.99. The standard InChI is InChI=1S/C2H4OSi/c1-2-4-3-1/h2,4H,1H2. The van der Waals surface area contributed by atoms with E-state index in [1.54, 1.807) is 0 Å². The second-order valence-corrected chi connectivity index (χ2v) is 1.78. The van der Waals surface area contributed by atoms with Crippen molar-refractivity contribution >= 4 is 15.0 Å². The highest BCUT2D eigenvalue weighted by atomic mass is 28.2. The van der Waals surface area contributed by atoms with E-state index in [2.05, 4.69) is 5.67 Å². The molecule has 1 heterocycles. The van der Waals surface area contributed by atoms with Gasteiger partial charge in [-0.3, -0.25) is 0 Å². The van der Waals surface area contributed by atoms with E-state index < -0.39 is 0 Å². The minimum Gasteiger partial charge on any atom is -0.550 e. The van der Waals surface area contributed by atoms with Crippen molar-refractivity contribution < 1.29 is 4.43 Å². The van der Waals surface area contributed by atoms with Gasteiger partial charge in [-0.25, -0.2) is 0 Å². The summed E-state index contributed by atoms with van der Waals surface area (Å²) in [6.45, 7) is 0.912. The summed E-state index contributed by atoms with van der Waals surface area (Å²) in [7, 11) is 0.338. The molecule has 4 heavy (non-hydrogen) atoms. The van der Waals surface area contributed by atoms with Crippen LogP contribution in [0.15, 0.2) is 0 Å². The van der Waals surface area contributed by atoms with Crippen LogP contribution in [0.1, 0.15) is 0 Å². The minimum absolute atomic E-state index is 0.338. The van der Waals surface area contributed by atoms with Gasteiger partial charge in [-0.15, -0.1) is 0 Å². The second kappa shape index (κ2) is 0.680. The summed E-state index contributed by atoms with van der Waals surface area (Å²) < 4.78 is 4.75. The maximum absolute atomic E-state index is 4.75. The summed E-state index contributed by atoms with van der Waals surface area (Å²) in [4.78, 5) is 0. The molecule has 0 aliphatic carbocycles. The van der Waals surface area contributed by atoms with Gasteiger partial charge in [0.2, 0.25) is 9.38 Å². The molecule has 0 spiro atoms. The van der Waals surface area contributed by atoms with Gasteiger partial charge in [0.25, 0.3) is 0 Å². The second-order valence-electron chi connectivity index (χ2n) is 0.705. The van der Waals surface area contributed by atoms with Gasteiger partial charge >= 0.3 is 0 Å². The zero-order chi connectivity index (χ0) is 2.83. The first kappa shape index (κ1) is 2.14. The Balaban J connectivity index is 2.47. The maximum atomic E-state index is 4.75. The molecule has 0 aromatic rings. The smallest absolute Gasteiger partial charge is 0.215 e. The average molecular weight is 72.1 g/mol. The van der Waals surface area contributed by atoms with Crippen molar-refractivity contribution in [1.29, 1.82) is 0 Å². The highest BCUT2D eigenvalue weighted by molar-refractivity contribution is 6.45. The third-order valence-electron chi connectivity index (χ3n) is 0.385. The van der Waals surface area contributed by atoms with Gasteiger partial charge in [0.1, 0.15) is 0 Å². The van der Waals surface area contributed by atoms with Crippen molar-refractivity contribution in [2.24, 2.45) is 0 Å². The summed E-state index contributed by atoms with van der Waals surface area (Å²) in [6, 6.07) is 0. The first-order valence-electron chi connectivity index (χ1n) is 1.27. The van der Waals surface area contributed by atoms with Crippen LogP contribution in [0.3, 0.4) is 0 Å². The highest BCUT2D eigenvalue weighted by Gasteiger charge is 1.80. The van der Waals surface area contributed by atoms with E-state index in [1.165, 1.54) is 0 Å². The largest absolute Gasteiger partial charge is 0.550 e. The van der Waals surface area contributed by atoms with Gasteiger partial charge in [-0.05, 0) is 5.67 Å². The van der Waals surface area contributed by atoms with Crippen LogP contribution in [-0.2, 0) is 4.43 Å². The molecule has 1 nitrogen and oxygen atoms in total. The quantitative estimate of drug-likeness (QED) is 0.339. The molecule has 0 aromatic carbocycles. The average Bonchev–Trinajstić information content (AvgIpc) is 0.722. The van der Waals surface area contributed by atoms with Gasteiger partial charge < -0.3 is 4.43 Å². The summed E-state index contributed by atoms with van der Waals surface area (Å²) >= 11 is 0. The van der Waals surface area contributed by atoms with Crippen LogP contribution in [0.2, 0.25) is 0 Å². The summed E-state index contributed by atoms with van der Waals surface area (Å²) in [5.74, 6) is 0. The van der Waals surface area contributed by atoms with E-state index in [1.807, 2.05) is 0 Å². The molecule has 0 saturated heterocycles. The van der Waals surface area contributed by atoms with E-state index in [4.69, 9.17) is 4.43 Å². The Morgan fingerprint density at radius 2 is 2.25 bits per heavy atom. The molecule has 1 aliphatic rings. The predicted molar refractivity (Wildman–Crippen MR) is 19.2 cm³/mol. The van der Waals surface area contributed by atoms with E-state index in [0.717, 1.165) is 6.61 Å². The van der Waals surface area contributed by atoms with Crippen LogP contribution in [0.5, 0.6) is 0 Å². The normalized spacial score (nSPS) is 18.0. The third kappa shape index (κ3) is 0.0982. The first-order chi connectivity index (χ1) is 2.00. The molecule has 0 unspecified atom stereocenters. The maximum Gasteiger partial charge on any atom is 0.215 e. The van der Waals surface area contributed by atoms with Gasteiger partial charge in [0.05, 0.1) is 6.61 Å². The van der Waals surface area contributed by atoms with Gasteiger partial charge in [0, 0.05) is 0 Å². The van der Waals surface area contributed by atoms with Crippen LogP contribution in [0, 0.1) is 0 Å². The summed E-state index contributed by atoms with van der Waals surface area (Å²) in [5.41, 5.74) is 2.17. The topological polar surface area (TPSA) is 9.23 Å². The number of hydrogen-bond donors (Lipinski definition) is 0. The van der Waals surface area contributed by atoms with Crippen LogP contribution < -0.4 is 0 Å².